The van der Waals surface area contributed by atoms with Gasteiger partial charge in [0.05, 0.1) is 5.56 Å². The molecule has 16 heavy (non-hydrogen) atoms. The minimum absolute atomic E-state index is 0.155. The van der Waals surface area contributed by atoms with Crippen LogP contribution in [0.5, 0.6) is 5.88 Å². The smallest absolute Gasteiger partial charge is 0.257 e. The third kappa shape index (κ3) is 2.14. The van der Waals surface area contributed by atoms with Crippen molar-refractivity contribution in [2.45, 2.75) is 19.8 Å². The van der Waals surface area contributed by atoms with E-state index in [9.17, 15) is 9.90 Å². The van der Waals surface area contributed by atoms with Crippen LogP contribution < -0.4 is 5.56 Å². The quantitative estimate of drug-likeness (QED) is 0.852. The molecule has 0 aliphatic carbocycles. The van der Waals surface area contributed by atoms with Crippen molar-refractivity contribution in [3.63, 3.8) is 0 Å². The maximum Gasteiger partial charge on any atom is 0.257 e. The van der Waals surface area contributed by atoms with Crippen LogP contribution in [0, 0.1) is 0 Å². The Morgan fingerprint density at radius 2 is 2.38 bits per heavy atom. The predicted octanol–water partition coefficient (Wildman–Crippen LogP) is 1.69. The fraction of sp³-hybridized carbons (Fsp3) is 0.273. The van der Waals surface area contributed by atoms with Crippen LogP contribution in [0.2, 0.25) is 0 Å². The number of aromatic nitrogens is 2. The minimum atomic E-state index is -0.249. The fourth-order valence-electron chi connectivity index (χ4n) is 1.51. The maximum atomic E-state index is 11.6. The number of hydrogen-bond donors (Lipinski definition) is 2. The van der Waals surface area contributed by atoms with Crippen LogP contribution in [0.3, 0.4) is 0 Å². The third-order valence-electron chi connectivity index (χ3n) is 2.32. The van der Waals surface area contributed by atoms with E-state index in [1.165, 1.54) is 0 Å². The average Bonchev–Trinajstić information content (AvgIpc) is 2.70. The summed E-state index contributed by atoms with van der Waals surface area (Å²) < 4.78 is 0. The Hall–Kier alpha value is -1.62. The highest BCUT2D eigenvalue weighted by Crippen LogP contribution is 2.14. The molecule has 0 saturated carbocycles. The molecule has 0 bridgehead atoms. The second-order valence-corrected chi connectivity index (χ2v) is 4.46. The summed E-state index contributed by atoms with van der Waals surface area (Å²) in [5.41, 5.74) is 0.0940. The minimum Gasteiger partial charge on any atom is -0.493 e. The summed E-state index contributed by atoms with van der Waals surface area (Å²) in [5.74, 6) is 0.347. The van der Waals surface area contributed by atoms with Crippen molar-refractivity contribution in [1.29, 1.82) is 0 Å². The van der Waals surface area contributed by atoms with Crippen molar-refractivity contribution in [3.05, 3.63) is 44.1 Å². The Balaban J connectivity index is 2.34. The number of nitrogens with one attached hydrogen (secondary N) is 1. The van der Waals surface area contributed by atoms with Crippen molar-refractivity contribution in [2.24, 2.45) is 0 Å². The van der Waals surface area contributed by atoms with Crippen LogP contribution in [0.4, 0.5) is 0 Å². The van der Waals surface area contributed by atoms with Gasteiger partial charge >= 0.3 is 0 Å². The van der Waals surface area contributed by atoms with Crippen LogP contribution in [0.25, 0.3) is 0 Å². The number of nitrogens with zero attached hydrogens (tertiary/aromatic N) is 1. The second-order valence-electron chi connectivity index (χ2n) is 3.42. The molecule has 5 heteroatoms. The highest BCUT2D eigenvalue weighted by Gasteiger charge is 2.09. The standard InChI is InChI=1S/C11H12N2O2S/c1-2-8-10(14)12-9(13-11(8)15)6-7-4-3-5-16-7/h3-5H,2,6H2,1H3,(H2,12,13,14,15). The lowest BCUT2D eigenvalue weighted by Gasteiger charge is -2.03. The first kappa shape index (κ1) is 10.9. The van der Waals surface area contributed by atoms with Crippen molar-refractivity contribution < 1.29 is 5.11 Å². The molecule has 0 fully saturated rings. The molecule has 0 aromatic carbocycles. The first-order valence-electron chi connectivity index (χ1n) is 5.04. The molecule has 0 aliphatic rings. The van der Waals surface area contributed by atoms with E-state index in [2.05, 4.69) is 9.97 Å². The van der Waals surface area contributed by atoms with Gasteiger partial charge in [-0.2, -0.15) is 4.98 Å². The Morgan fingerprint density at radius 1 is 1.56 bits per heavy atom. The molecule has 84 valence electrons. The molecule has 2 N–H and O–H groups in total. The molecule has 0 atom stereocenters. The number of hydrogen-bond acceptors (Lipinski definition) is 4. The van der Waals surface area contributed by atoms with Crippen LogP contribution in [0.15, 0.2) is 22.3 Å². The molecule has 0 amide bonds. The first-order chi connectivity index (χ1) is 7.70. The molecule has 0 unspecified atom stereocenters. The van der Waals surface area contributed by atoms with Crippen molar-refractivity contribution in [2.75, 3.05) is 0 Å². The van der Waals surface area contributed by atoms with E-state index in [4.69, 9.17) is 0 Å². The normalized spacial score (nSPS) is 10.6. The van der Waals surface area contributed by atoms with E-state index >= 15 is 0 Å². The summed E-state index contributed by atoms with van der Waals surface area (Å²) >= 11 is 1.60. The zero-order valence-corrected chi connectivity index (χ0v) is 9.67. The molecular weight excluding hydrogens is 224 g/mol. The molecule has 0 saturated heterocycles. The molecule has 0 spiro atoms. The fourth-order valence-corrected chi connectivity index (χ4v) is 2.22. The van der Waals surface area contributed by atoms with E-state index in [0.29, 0.717) is 24.2 Å². The van der Waals surface area contributed by atoms with Crippen LogP contribution in [-0.4, -0.2) is 15.1 Å². The Bertz CT molecular complexity index is 531. The molecule has 2 aromatic rings. The van der Waals surface area contributed by atoms with E-state index in [-0.39, 0.29) is 11.4 Å². The Kier molecular flexibility index (Phi) is 3.05. The first-order valence-corrected chi connectivity index (χ1v) is 5.92. The van der Waals surface area contributed by atoms with Gasteiger partial charge in [0, 0.05) is 11.3 Å². The van der Waals surface area contributed by atoms with Crippen LogP contribution >= 0.6 is 11.3 Å². The lowest BCUT2D eigenvalue weighted by Crippen LogP contribution is -2.16. The van der Waals surface area contributed by atoms with Gasteiger partial charge in [0.2, 0.25) is 5.88 Å². The van der Waals surface area contributed by atoms with Crippen molar-refractivity contribution in [3.8, 4) is 5.88 Å². The topological polar surface area (TPSA) is 66.0 Å². The number of thiophene rings is 1. The molecule has 2 heterocycles. The van der Waals surface area contributed by atoms with Gasteiger partial charge in [0.25, 0.3) is 5.56 Å². The monoisotopic (exact) mass is 236 g/mol. The van der Waals surface area contributed by atoms with Gasteiger partial charge in [-0.15, -0.1) is 11.3 Å². The van der Waals surface area contributed by atoms with Gasteiger partial charge in [-0.1, -0.05) is 13.0 Å². The van der Waals surface area contributed by atoms with Crippen molar-refractivity contribution >= 4 is 11.3 Å². The Labute approximate surface area is 96.6 Å². The van der Waals surface area contributed by atoms with E-state index in [1.807, 2.05) is 24.4 Å². The number of aromatic amines is 1. The van der Waals surface area contributed by atoms with Gasteiger partial charge in [-0.25, -0.2) is 0 Å². The third-order valence-corrected chi connectivity index (χ3v) is 3.19. The van der Waals surface area contributed by atoms with E-state index in [1.54, 1.807) is 11.3 Å². The van der Waals surface area contributed by atoms with E-state index < -0.39 is 0 Å². The SMILES string of the molecule is CCc1c(O)nc(Cc2cccs2)[nH]c1=O. The number of rotatable bonds is 3. The van der Waals surface area contributed by atoms with Gasteiger partial charge in [0.15, 0.2) is 0 Å². The molecular formula is C11H12N2O2S. The summed E-state index contributed by atoms with van der Waals surface area (Å²) in [7, 11) is 0. The highest BCUT2D eigenvalue weighted by atomic mass is 32.1. The molecule has 4 nitrogen and oxygen atoms in total. The summed E-state index contributed by atoms with van der Waals surface area (Å²) in [6.07, 6.45) is 1.03. The molecule has 2 rings (SSSR count). The van der Waals surface area contributed by atoms with E-state index in [0.717, 1.165) is 4.88 Å². The number of aromatic hydroxyl groups is 1. The summed E-state index contributed by atoms with van der Waals surface area (Å²) in [4.78, 5) is 19.3. The summed E-state index contributed by atoms with van der Waals surface area (Å²) in [6, 6.07) is 3.91. The zero-order valence-electron chi connectivity index (χ0n) is 8.86. The Morgan fingerprint density at radius 3 is 2.94 bits per heavy atom. The van der Waals surface area contributed by atoms with Crippen LogP contribution in [-0.2, 0) is 12.8 Å². The number of H-pyrrole nitrogens is 1. The van der Waals surface area contributed by atoms with Gasteiger partial charge in [-0.3, -0.25) is 4.79 Å². The van der Waals surface area contributed by atoms with Gasteiger partial charge in [0.1, 0.15) is 5.82 Å². The van der Waals surface area contributed by atoms with Gasteiger partial charge < -0.3 is 10.1 Å². The maximum absolute atomic E-state index is 11.6. The molecule has 0 radical (unpaired) electrons. The van der Waals surface area contributed by atoms with Gasteiger partial charge in [-0.05, 0) is 17.9 Å². The van der Waals surface area contributed by atoms with Crippen LogP contribution in [0.1, 0.15) is 23.2 Å². The summed E-state index contributed by atoms with van der Waals surface area (Å²) in [6.45, 7) is 1.81. The average molecular weight is 236 g/mol. The van der Waals surface area contributed by atoms with Crippen molar-refractivity contribution in [1.82, 2.24) is 9.97 Å². The largest absolute Gasteiger partial charge is 0.493 e. The highest BCUT2D eigenvalue weighted by molar-refractivity contribution is 7.09. The second kappa shape index (κ2) is 4.49. The molecule has 2 aromatic heterocycles. The zero-order chi connectivity index (χ0) is 11.5. The summed E-state index contributed by atoms with van der Waals surface area (Å²) in [5, 5.41) is 11.5. The lowest BCUT2D eigenvalue weighted by molar-refractivity contribution is 0.441. The lowest BCUT2D eigenvalue weighted by atomic mass is 10.2. The predicted molar refractivity (Wildman–Crippen MR) is 63.0 cm³/mol. The molecule has 0 aliphatic heterocycles.